The molecule has 2 aromatic heterocycles. The Morgan fingerprint density at radius 3 is 2.57 bits per heavy atom. The number of carbonyl (C=O) groups is 2. The van der Waals surface area contributed by atoms with E-state index in [4.69, 9.17) is 14.5 Å². The Morgan fingerprint density at radius 2 is 1.83 bits per heavy atom. The molecule has 0 spiro atoms. The minimum atomic E-state index is -0.452. The Balaban J connectivity index is 1.40. The first-order valence-corrected chi connectivity index (χ1v) is 11.5. The van der Waals surface area contributed by atoms with E-state index in [0.717, 1.165) is 33.5 Å². The van der Waals surface area contributed by atoms with Gasteiger partial charge in [-0.25, -0.2) is 9.50 Å². The molecule has 0 bridgehead atoms. The lowest BCUT2D eigenvalue weighted by molar-refractivity contribution is -0.121. The van der Waals surface area contributed by atoms with Crippen LogP contribution >= 0.6 is 0 Å². The summed E-state index contributed by atoms with van der Waals surface area (Å²) in [5.74, 6) is 0.225. The number of hydrogen-bond donors (Lipinski definition) is 2. The topological polar surface area (TPSA) is 107 Å². The third-order valence-electron chi connectivity index (χ3n) is 5.72. The van der Waals surface area contributed by atoms with Crippen molar-refractivity contribution >= 4 is 28.4 Å². The molecule has 0 unspecified atom stereocenters. The first-order chi connectivity index (χ1) is 16.8. The van der Waals surface area contributed by atoms with Crippen LogP contribution in [0.4, 0.5) is 0 Å². The lowest BCUT2D eigenvalue weighted by Crippen LogP contribution is -2.41. The van der Waals surface area contributed by atoms with Crippen LogP contribution in [0.2, 0.25) is 0 Å². The molecule has 9 heteroatoms. The van der Waals surface area contributed by atoms with Crippen LogP contribution in [0.1, 0.15) is 47.6 Å². The van der Waals surface area contributed by atoms with Crippen molar-refractivity contribution in [1.82, 2.24) is 25.4 Å². The maximum absolute atomic E-state index is 12.5. The first kappa shape index (κ1) is 24.0. The van der Waals surface area contributed by atoms with Gasteiger partial charge < -0.3 is 9.47 Å². The SMILES string of the molecule is COc1cc(C(=O)NNC(=O)CCc2c(C)nc3c4ccccc4nn3c2C)ccc1OC(C)C. The fourth-order valence-corrected chi connectivity index (χ4v) is 4.00. The average Bonchev–Trinajstić information content (AvgIpc) is 3.21. The van der Waals surface area contributed by atoms with Gasteiger partial charge >= 0.3 is 0 Å². The molecule has 2 heterocycles. The van der Waals surface area contributed by atoms with E-state index in [0.29, 0.717) is 23.5 Å². The molecule has 0 atom stereocenters. The lowest BCUT2D eigenvalue weighted by Gasteiger charge is -2.15. The molecule has 0 saturated carbocycles. The zero-order valence-corrected chi connectivity index (χ0v) is 20.5. The predicted octanol–water partition coefficient (Wildman–Crippen LogP) is 3.69. The van der Waals surface area contributed by atoms with Crippen LogP contribution in [0.3, 0.4) is 0 Å². The molecule has 0 radical (unpaired) electrons. The molecule has 0 aliphatic carbocycles. The van der Waals surface area contributed by atoms with Crippen LogP contribution in [-0.4, -0.2) is 39.6 Å². The Labute approximate surface area is 203 Å². The minimum absolute atomic E-state index is 0.0293. The van der Waals surface area contributed by atoms with Crippen LogP contribution in [0.5, 0.6) is 11.5 Å². The Hall–Kier alpha value is -4.14. The third-order valence-corrected chi connectivity index (χ3v) is 5.72. The van der Waals surface area contributed by atoms with Gasteiger partial charge in [0, 0.05) is 28.8 Å². The molecule has 0 saturated heterocycles. The number of ether oxygens (including phenoxy) is 2. The summed E-state index contributed by atoms with van der Waals surface area (Å²) in [6.45, 7) is 7.72. The Kier molecular flexibility index (Phi) is 6.86. The summed E-state index contributed by atoms with van der Waals surface area (Å²) in [6.07, 6.45) is 0.618. The quantitative estimate of drug-likeness (QED) is 0.395. The number of benzene rings is 2. The maximum atomic E-state index is 12.5. The Bertz CT molecular complexity index is 1410. The van der Waals surface area contributed by atoms with E-state index >= 15 is 0 Å². The van der Waals surface area contributed by atoms with Crippen molar-refractivity contribution < 1.29 is 19.1 Å². The molecule has 0 fully saturated rings. The van der Waals surface area contributed by atoms with Gasteiger partial charge in [0.25, 0.3) is 5.91 Å². The van der Waals surface area contributed by atoms with Crippen molar-refractivity contribution in [1.29, 1.82) is 0 Å². The number of nitrogens with zero attached hydrogens (tertiary/aromatic N) is 3. The predicted molar refractivity (Wildman–Crippen MR) is 133 cm³/mol. The van der Waals surface area contributed by atoms with Gasteiger partial charge in [-0.05, 0) is 70.0 Å². The van der Waals surface area contributed by atoms with Crippen LogP contribution in [-0.2, 0) is 11.2 Å². The fourth-order valence-electron chi connectivity index (χ4n) is 4.00. The molecule has 2 aromatic carbocycles. The van der Waals surface area contributed by atoms with Gasteiger partial charge in [-0.3, -0.25) is 20.4 Å². The van der Waals surface area contributed by atoms with E-state index in [2.05, 4.69) is 16.0 Å². The molecular formula is C26H29N5O4. The van der Waals surface area contributed by atoms with Crippen LogP contribution in [0.25, 0.3) is 16.6 Å². The van der Waals surface area contributed by atoms with Crippen molar-refractivity contribution in [2.45, 2.75) is 46.6 Å². The summed E-state index contributed by atoms with van der Waals surface area (Å²) in [5, 5.41) is 5.64. The summed E-state index contributed by atoms with van der Waals surface area (Å²) < 4.78 is 12.8. The molecule has 35 heavy (non-hydrogen) atoms. The summed E-state index contributed by atoms with van der Waals surface area (Å²) in [5.41, 5.74) is 9.70. The number of hydrazine groups is 1. The highest BCUT2D eigenvalue weighted by atomic mass is 16.5. The minimum Gasteiger partial charge on any atom is -0.493 e. The Morgan fingerprint density at radius 1 is 1.06 bits per heavy atom. The second-order valence-electron chi connectivity index (χ2n) is 8.55. The van der Waals surface area contributed by atoms with Gasteiger partial charge in [0.2, 0.25) is 5.91 Å². The summed E-state index contributed by atoms with van der Waals surface area (Å²) in [6, 6.07) is 12.7. The van der Waals surface area contributed by atoms with Crippen molar-refractivity contribution in [2.75, 3.05) is 7.11 Å². The van der Waals surface area contributed by atoms with Gasteiger partial charge in [0.1, 0.15) is 0 Å². The molecule has 9 nitrogen and oxygen atoms in total. The monoisotopic (exact) mass is 475 g/mol. The van der Waals surface area contributed by atoms with E-state index in [1.165, 1.54) is 7.11 Å². The standard InChI is InChI=1S/C26H29N5O4/c1-15(2)35-22-12-10-18(14-23(22)34-5)26(33)29-28-24(32)13-11-19-16(3)27-25-20-8-6-7-9-21(20)30-31(25)17(19)4/h6-10,12,14-15H,11,13H2,1-5H3,(H,28,32)(H,29,33). The molecule has 4 rings (SSSR count). The van der Waals surface area contributed by atoms with Crippen molar-refractivity contribution in [3.05, 3.63) is 65.0 Å². The van der Waals surface area contributed by atoms with Crippen LogP contribution in [0, 0.1) is 13.8 Å². The fraction of sp³-hybridized carbons (Fsp3) is 0.308. The summed E-state index contributed by atoms with van der Waals surface area (Å²) >= 11 is 0. The molecule has 0 aliphatic rings. The second-order valence-corrected chi connectivity index (χ2v) is 8.55. The summed E-state index contributed by atoms with van der Waals surface area (Å²) in [4.78, 5) is 29.7. The third kappa shape index (κ3) is 5.03. The molecule has 0 aliphatic heterocycles. The summed E-state index contributed by atoms with van der Waals surface area (Å²) in [7, 11) is 1.51. The molecular weight excluding hydrogens is 446 g/mol. The number of hydrogen-bond acceptors (Lipinski definition) is 6. The van der Waals surface area contributed by atoms with Gasteiger partial charge in [-0.15, -0.1) is 0 Å². The molecule has 2 N–H and O–H groups in total. The lowest BCUT2D eigenvalue weighted by atomic mass is 10.1. The van der Waals surface area contributed by atoms with Gasteiger partial charge in [-0.1, -0.05) is 12.1 Å². The highest BCUT2D eigenvalue weighted by Gasteiger charge is 2.16. The van der Waals surface area contributed by atoms with E-state index < -0.39 is 5.91 Å². The van der Waals surface area contributed by atoms with Gasteiger partial charge in [0.15, 0.2) is 17.1 Å². The normalized spacial score (nSPS) is 11.1. The second kappa shape index (κ2) is 10.0. The largest absolute Gasteiger partial charge is 0.493 e. The highest BCUT2D eigenvalue weighted by molar-refractivity contribution is 5.96. The van der Waals surface area contributed by atoms with Crippen molar-refractivity contribution in [3.8, 4) is 11.5 Å². The highest BCUT2D eigenvalue weighted by Crippen LogP contribution is 2.29. The zero-order chi connectivity index (χ0) is 25.1. The number of nitrogens with one attached hydrogen (secondary N) is 2. The van der Waals surface area contributed by atoms with E-state index in [9.17, 15) is 9.59 Å². The van der Waals surface area contributed by atoms with Crippen LogP contribution < -0.4 is 20.3 Å². The van der Waals surface area contributed by atoms with E-state index in [1.54, 1.807) is 18.2 Å². The van der Waals surface area contributed by atoms with Gasteiger partial charge in [-0.2, -0.15) is 5.10 Å². The van der Waals surface area contributed by atoms with Crippen LogP contribution in [0.15, 0.2) is 42.5 Å². The zero-order valence-electron chi connectivity index (χ0n) is 20.5. The van der Waals surface area contributed by atoms with E-state index in [-0.39, 0.29) is 18.4 Å². The number of methoxy groups -OCH3 is 1. The first-order valence-electron chi connectivity index (χ1n) is 11.5. The molecule has 4 aromatic rings. The smallest absolute Gasteiger partial charge is 0.269 e. The number of rotatable bonds is 7. The van der Waals surface area contributed by atoms with E-state index in [1.807, 2.05) is 56.5 Å². The number of fused-ring (bicyclic) bond motifs is 3. The molecule has 182 valence electrons. The van der Waals surface area contributed by atoms with Crippen molar-refractivity contribution in [3.63, 3.8) is 0 Å². The average molecular weight is 476 g/mol. The number of aromatic nitrogens is 3. The number of aryl methyl sites for hydroxylation is 2. The van der Waals surface area contributed by atoms with Crippen molar-refractivity contribution in [2.24, 2.45) is 0 Å². The van der Waals surface area contributed by atoms with Gasteiger partial charge in [0.05, 0.1) is 18.7 Å². The number of carbonyl (C=O) groups excluding carboxylic acids is 2. The maximum Gasteiger partial charge on any atom is 0.269 e. The number of amides is 2. The molecule has 2 amide bonds.